The normalized spacial score (nSPS) is 22.4. The van der Waals surface area contributed by atoms with E-state index in [1.165, 1.54) is 4.31 Å². The minimum atomic E-state index is -3.57. The maximum Gasteiger partial charge on any atom is 0.243 e. The van der Waals surface area contributed by atoms with Crippen LogP contribution in [0.15, 0.2) is 17.0 Å². The number of nitrogens with zero attached hydrogens (tertiary/aromatic N) is 1. The first-order chi connectivity index (χ1) is 11.3. The number of carbonyl (C=O) groups excluding carboxylic acids is 1. The first-order valence-electron chi connectivity index (χ1n) is 8.67. The second-order valence-corrected chi connectivity index (χ2v) is 9.09. The third kappa shape index (κ3) is 3.49. The molecule has 1 heterocycles. The lowest BCUT2D eigenvalue weighted by atomic mass is 9.99. The van der Waals surface area contributed by atoms with E-state index in [4.69, 9.17) is 0 Å². The van der Waals surface area contributed by atoms with Gasteiger partial charge in [-0.2, -0.15) is 4.31 Å². The number of hydrogen-bond donors (Lipinski definition) is 1. The van der Waals surface area contributed by atoms with Gasteiger partial charge in [0.1, 0.15) is 0 Å². The fraction of sp³-hybridized carbons (Fsp3) is 0.611. The van der Waals surface area contributed by atoms with E-state index < -0.39 is 10.0 Å². The van der Waals surface area contributed by atoms with Crippen LogP contribution in [0.3, 0.4) is 0 Å². The lowest BCUT2D eigenvalue weighted by molar-refractivity contribution is -0.126. The maximum atomic E-state index is 13.1. The highest BCUT2D eigenvalue weighted by Gasteiger charge is 2.36. The number of amides is 1. The number of aryl methyl sites for hydroxylation is 3. The van der Waals surface area contributed by atoms with Gasteiger partial charge >= 0.3 is 0 Å². The van der Waals surface area contributed by atoms with Crippen LogP contribution in [0.5, 0.6) is 0 Å². The Morgan fingerprint density at radius 2 is 1.75 bits per heavy atom. The van der Waals surface area contributed by atoms with Crippen LogP contribution < -0.4 is 5.32 Å². The van der Waals surface area contributed by atoms with E-state index in [0.717, 1.165) is 42.4 Å². The van der Waals surface area contributed by atoms with Gasteiger partial charge in [-0.15, -0.1) is 0 Å². The summed E-state index contributed by atoms with van der Waals surface area (Å²) in [7, 11) is -3.57. The number of benzene rings is 1. The Morgan fingerprint density at radius 3 is 2.33 bits per heavy atom. The molecule has 3 rings (SSSR count). The fourth-order valence-corrected chi connectivity index (χ4v) is 5.56. The number of rotatable bonds is 4. The molecule has 0 bridgehead atoms. The van der Waals surface area contributed by atoms with Crippen molar-refractivity contribution in [2.75, 3.05) is 13.1 Å². The largest absolute Gasteiger partial charge is 0.353 e. The van der Waals surface area contributed by atoms with Crippen molar-refractivity contribution in [2.45, 2.75) is 57.4 Å². The molecular formula is C18H26N2O3S. The van der Waals surface area contributed by atoms with Gasteiger partial charge in [-0.25, -0.2) is 8.42 Å². The summed E-state index contributed by atoms with van der Waals surface area (Å²) < 4.78 is 27.8. The molecule has 2 fully saturated rings. The number of sulfonamides is 1. The van der Waals surface area contributed by atoms with Gasteiger partial charge in [0.25, 0.3) is 0 Å². The van der Waals surface area contributed by atoms with Crippen molar-refractivity contribution in [2.24, 2.45) is 5.92 Å². The van der Waals surface area contributed by atoms with Crippen molar-refractivity contribution in [3.63, 3.8) is 0 Å². The molecule has 1 saturated carbocycles. The quantitative estimate of drug-likeness (QED) is 0.906. The molecule has 0 aromatic heterocycles. The second kappa shape index (κ2) is 6.48. The number of carbonyl (C=O) groups is 1. The Kier molecular flexibility index (Phi) is 4.71. The van der Waals surface area contributed by atoms with Crippen molar-refractivity contribution < 1.29 is 13.2 Å². The zero-order valence-electron chi connectivity index (χ0n) is 14.6. The molecule has 1 amide bonds. The highest BCUT2D eigenvalue weighted by molar-refractivity contribution is 7.89. The zero-order chi connectivity index (χ0) is 17.5. The Labute approximate surface area is 144 Å². The lowest BCUT2D eigenvalue weighted by Gasteiger charge is -2.32. The summed E-state index contributed by atoms with van der Waals surface area (Å²) in [4.78, 5) is 12.7. The maximum absolute atomic E-state index is 13.1. The van der Waals surface area contributed by atoms with Gasteiger partial charge in [-0.1, -0.05) is 17.7 Å². The summed E-state index contributed by atoms with van der Waals surface area (Å²) in [5.74, 6) is -0.227. The predicted octanol–water partition coefficient (Wildman–Crippen LogP) is 2.29. The Morgan fingerprint density at radius 1 is 1.12 bits per heavy atom. The number of hydrogen-bond acceptors (Lipinski definition) is 3. The number of piperidine rings is 1. The second-order valence-electron chi connectivity index (χ2n) is 7.21. The van der Waals surface area contributed by atoms with Crippen LogP contribution in [0, 0.1) is 26.7 Å². The fourth-order valence-electron chi connectivity index (χ4n) is 3.62. The van der Waals surface area contributed by atoms with Crippen LogP contribution in [-0.4, -0.2) is 37.8 Å². The number of nitrogens with one attached hydrogen (secondary N) is 1. The molecule has 0 spiro atoms. The molecule has 1 N–H and O–H groups in total. The highest BCUT2D eigenvalue weighted by atomic mass is 32.2. The van der Waals surface area contributed by atoms with E-state index in [1.54, 1.807) is 0 Å². The molecule has 6 heteroatoms. The highest BCUT2D eigenvalue weighted by Crippen LogP contribution is 2.29. The Hall–Kier alpha value is -1.40. The Balaban J connectivity index is 1.82. The van der Waals surface area contributed by atoms with Crippen molar-refractivity contribution in [1.29, 1.82) is 0 Å². The van der Waals surface area contributed by atoms with Crippen LogP contribution in [0.1, 0.15) is 42.4 Å². The summed E-state index contributed by atoms with van der Waals surface area (Å²) in [6, 6.07) is 4.12. The van der Waals surface area contributed by atoms with Crippen LogP contribution >= 0.6 is 0 Å². The molecule has 1 aliphatic heterocycles. The zero-order valence-corrected chi connectivity index (χ0v) is 15.4. The molecule has 24 heavy (non-hydrogen) atoms. The molecule has 1 aliphatic carbocycles. The van der Waals surface area contributed by atoms with Gasteiger partial charge in [-0.3, -0.25) is 4.79 Å². The van der Waals surface area contributed by atoms with Gasteiger partial charge in [0, 0.05) is 19.1 Å². The average molecular weight is 350 g/mol. The third-order valence-electron chi connectivity index (χ3n) is 4.88. The van der Waals surface area contributed by atoms with Gasteiger partial charge in [0.15, 0.2) is 0 Å². The van der Waals surface area contributed by atoms with Crippen LogP contribution in [0.25, 0.3) is 0 Å². The van der Waals surface area contributed by atoms with Crippen LogP contribution in [0.2, 0.25) is 0 Å². The van der Waals surface area contributed by atoms with E-state index >= 15 is 0 Å². The molecule has 1 atom stereocenters. The molecule has 5 nitrogen and oxygen atoms in total. The molecule has 132 valence electrons. The van der Waals surface area contributed by atoms with E-state index in [0.29, 0.717) is 17.5 Å². The topological polar surface area (TPSA) is 66.5 Å². The lowest BCUT2D eigenvalue weighted by Crippen LogP contribution is -2.46. The average Bonchev–Trinajstić information content (AvgIpc) is 3.30. The van der Waals surface area contributed by atoms with E-state index in [1.807, 2.05) is 32.9 Å². The van der Waals surface area contributed by atoms with Crippen molar-refractivity contribution in [1.82, 2.24) is 9.62 Å². The summed E-state index contributed by atoms with van der Waals surface area (Å²) in [6.07, 6.45) is 3.58. The van der Waals surface area contributed by atoms with Crippen molar-refractivity contribution >= 4 is 15.9 Å². The molecule has 0 radical (unpaired) electrons. The first kappa shape index (κ1) is 17.4. The monoisotopic (exact) mass is 350 g/mol. The van der Waals surface area contributed by atoms with Crippen LogP contribution in [0.4, 0.5) is 0 Å². The Bertz CT molecular complexity index is 731. The smallest absolute Gasteiger partial charge is 0.243 e. The molecule has 1 unspecified atom stereocenters. The summed E-state index contributed by atoms with van der Waals surface area (Å²) >= 11 is 0. The van der Waals surface area contributed by atoms with Crippen molar-refractivity contribution in [3.8, 4) is 0 Å². The van der Waals surface area contributed by atoms with Crippen LogP contribution in [-0.2, 0) is 14.8 Å². The third-order valence-corrected chi connectivity index (χ3v) is 7.05. The van der Waals surface area contributed by atoms with E-state index in [9.17, 15) is 13.2 Å². The van der Waals surface area contributed by atoms with E-state index in [2.05, 4.69) is 5.32 Å². The molecular weight excluding hydrogens is 324 g/mol. The minimum Gasteiger partial charge on any atom is -0.353 e. The summed E-state index contributed by atoms with van der Waals surface area (Å²) in [5, 5.41) is 3.01. The first-order valence-corrected chi connectivity index (χ1v) is 10.1. The molecule has 2 aliphatic rings. The van der Waals surface area contributed by atoms with Gasteiger partial charge in [0.05, 0.1) is 10.8 Å². The predicted molar refractivity (Wildman–Crippen MR) is 93.3 cm³/mol. The molecule has 1 aromatic rings. The van der Waals surface area contributed by atoms with Gasteiger partial charge in [-0.05, 0) is 57.6 Å². The summed E-state index contributed by atoms with van der Waals surface area (Å²) in [6.45, 7) is 6.42. The SMILES string of the molecule is Cc1cc(C)c(S(=O)(=O)N2CCCC(C(=O)NC3CC3)C2)c(C)c1. The van der Waals surface area contributed by atoms with Gasteiger partial charge < -0.3 is 5.32 Å². The minimum absolute atomic E-state index is 0.00903. The summed E-state index contributed by atoms with van der Waals surface area (Å²) in [5.41, 5.74) is 2.61. The molecule has 1 aromatic carbocycles. The van der Waals surface area contributed by atoms with Crippen molar-refractivity contribution in [3.05, 3.63) is 28.8 Å². The van der Waals surface area contributed by atoms with Gasteiger partial charge in [0.2, 0.25) is 15.9 Å². The van der Waals surface area contributed by atoms with E-state index in [-0.39, 0.29) is 18.4 Å². The molecule has 1 saturated heterocycles. The standard InChI is InChI=1S/C18H26N2O3S/c1-12-9-13(2)17(14(3)10-12)24(22,23)20-8-4-5-15(11-20)18(21)19-16-6-7-16/h9-10,15-16H,4-8,11H2,1-3H3,(H,19,21).